The minimum absolute atomic E-state index is 0.173. The van der Waals surface area contributed by atoms with Crippen molar-refractivity contribution in [1.29, 1.82) is 0 Å². The molecule has 134 valence electrons. The maximum absolute atomic E-state index is 12.8. The highest BCUT2D eigenvalue weighted by Gasteiger charge is 2.40. The van der Waals surface area contributed by atoms with E-state index >= 15 is 0 Å². The van der Waals surface area contributed by atoms with Crippen molar-refractivity contribution in [2.45, 2.75) is 32.2 Å². The minimum Gasteiger partial charge on any atom is -0.326 e. The number of aromatic nitrogens is 1. The van der Waals surface area contributed by atoms with Crippen LogP contribution >= 0.6 is 0 Å². The van der Waals surface area contributed by atoms with Gasteiger partial charge in [0.25, 0.3) is 0 Å². The Kier molecular flexibility index (Phi) is 5.06. The van der Waals surface area contributed by atoms with Gasteiger partial charge in [0.1, 0.15) is 5.82 Å². The fraction of sp³-hybridized carbons (Fsp3) is 0.450. The van der Waals surface area contributed by atoms with Gasteiger partial charge in [0.2, 0.25) is 5.56 Å². The van der Waals surface area contributed by atoms with Crippen LogP contribution in [0, 0.1) is 17.7 Å². The van der Waals surface area contributed by atoms with Gasteiger partial charge in [0, 0.05) is 23.7 Å². The Morgan fingerprint density at radius 3 is 2.28 bits per heavy atom. The van der Waals surface area contributed by atoms with Gasteiger partial charge in [-0.1, -0.05) is 12.1 Å². The summed E-state index contributed by atoms with van der Waals surface area (Å²) in [6, 6.07) is 9.61. The Bertz CT molecular complexity index is 769. The molecule has 4 nitrogen and oxygen atoms in total. The fourth-order valence-electron chi connectivity index (χ4n) is 3.15. The van der Waals surface area contributed by atoms with Crippen LogP contribution in [0.5, 0.6) is 0 Å². The number of rotatable bonds is 3. The number of benzene rings is 1. The first kappa shape index (κ1) is 17.8. The lowest BCUT2D eigenvalue weighted by molar-refractivity contribution is 0.552. The third-order valence-corrected chi connectivity index (χ3v) is 4.83. The van der Waals surface area contributed by atoms with Crippen LogP contribution in [0.1, 0.15) is 37.1 Å². The lowest BCUT2D eigenvalue weighted by Crippen LogP contribution is -2.30. The Hall–Kier alpha value is -1.98. The van der Waals surface area contributed by atoms with Gasteiger partial charge in [-0.05, 0) is 74.5 Å². The SMILES string of the molecule is C1NCC2CC12.CC(C)(N)c1cc(Cc2ccc(F)cc2)[nH]c(=O)c1. The highest BCUT2D eigenvalue weighted by Crippen LogP contribution is 2.40. The van der Waals surface area contributed by atoms with E-state index in [-0.39, 0.29) is 11.4 Å². The zero-order valence-electron chi connectivity index (χ0n) is 14.8. The molecule has 0 radical (unpaired) electrons. The Labute approximate surface area is 147 Å². The molecule has 1 aromatic heterocycles. The predicted molar refractivity (Wildman–Crippen MR) is 97.9 cm³/mol. The Morgan fingerprint density at radius 2 is 1.80 bits per heavy atom. The Morgan fingerprint density at radius 1 is 1.16 bits per heavy atom. The number of hydrogen-bond acceptors (Lipinski definition) is 3. The second-order valence-electron chi connectivity index (χ2n) is 7.70. The quantitative estimate of drug-likeness (QED) is 0.802. The summed E-state index contributed by atoms with van der Waals surface area (Å²) in [7, 11) is 0. The maximum atomic E-state index is 12.8. The summed E-state index contributed by atoms with van der Waals surface area (Å²) in [5, 5.41) is 3.32. The normalized spacial score (nSPS) is 21.3. The molecule has 5 heteroatoms. The number of aromatic amines is 1. The van der Waals surface area contributed by atoms with E-state index in [1.807, 2.05) is 19.9 Å². The van der Waals surface area contributed by atoms with Crippen LogP contribution in [-0.4, -0.2) is 18.1 Å². The molecule has 4 rings (SSSR count). The number of fused-ring (bicyclic) bond motifs is 1. The van der Waals surface area contributed by atoms with Gasteiger partial charge in [-0.3, -0.25) is 4.79 Å². The molecule has 25 heavy (non-hydrogen) atoms. The van der Waals surface area contributed by atoms with Crippen LogP contribution in [0.3, 0.4) is 0 Å². The molecule has 2 unspecified atom stereocenters. The molecule has 2 heterocycles. The lowest BCUT2D eigenvalue weighted by Gasteiger charge is -2.19. The molecule has 1 aliphatic carbocycles. The van der Waals surface area contributed by atoms with Crippen LogP contribution in [0.25, 0.3) is 0 Å². The van der Waals surface area contributed by atoms with Crippen LogP contribution in [0.2, 0.25) is 0 Å². The summed E-state index contributed by atoms with van der Waals surface area (Å²) in [6.07, 6.45) is 2.06. The second-order valence-corrected chi connectivity index (χ2v) is 7.70. The van der Waals surface area contributed by atoms with Gasteiger partial charge in [0.05, 0.1) is 0 Å². The molecule has 4 N–H and O–H groups in total. The van der Waals surface area contributed by atoms with Crippen molar-refractivity contribution in [1.82, 2.24) is 10.3 Å². The summed E-state index contributed by atoms with van der Waals surface area (Å²) < 4.78 is 12.8. The van der Waals surface area contributed by atoms with Crippen LogP contribution in [-0.2, 0) is 12.0 Å². The summed E-state index contributed by atoms with van der Waals surface area (Å²) >= 11 is 0. The van der Waals surface area contributed by atoms with Crippen molar-refractivity contribution in [2.75, 3.05) is 13.1 Å². The summed E-state index contributed by atoms with van der Waals surface area (Å²) in [5.41, 5.74) is 7.76. The van der Waals surface area contributed by atoms with Crippen molar-refractivity contribution in [3.8, 4) is 0 Å². The maximum Gasteiger partial charge on any atom is 0.248 e. The van der Waals surface area contributed by atoms with Crippen LogP contribution in [0.4, 0.5) is 4.39 Å². The highest BCUT2D eigenvalue weighted by atomic mass is 19.1. The highest BCUT2D eigenvalue weighted by molar-refractivity contribution is 5.28. The molecule has 0 bridgehead atoms. The predicted octanol–water partition coefficient (Wildman–Crippen LogP) is 2.52. The van der Waals surface area contributed by atoms with E-state index in [1.54, 1.807) is 12.1 Å². The Balaban J connectivity index is 0.000000250. The average Bonchev–Trinajstić information content (AvgIpc) is 3.14. The molecule has 1 aromatic carbocycles. The number of H-pyrrole nitrogens is 1. The van der Waals surface area contributed by atoms with E-state index < -0.39 is 5.54 Å². The van der Waals surface area contributed by atoms with Crippen molar-refractivity contribution in [2.24, 2.45) is 17.6 Å². The molecular weight excluding hydrogens is 317 g/mol. The van der Waals surface area contributed by atoms with Gasteiger partial charge >= 0.3 is 0 Å². The molecule has 1 saturated carbocycles. The molecule has 1 aliphatic heterocycles. The van der Waals surface area contributed by atoms with E-state index in [9.17, 15) is 9.18 Å². The third kappa shape index (κ3) is 5.00. The number of hydrogen-bond donors (Lipinski definition) is 3. The van der Waals surface area contributed by atoms with E-state index in [0.717, 1.165) is 28.7 Å². The lowest BCUT2D eigenvalue weighted by atomic mass is 9.95. The molecule has 0 amide bonds. The minimum atomic E-state index is -0.564. The first-order valence-electron chi connectivity index (χ1n) is 8.79. The largest absolute Gasteiger partial charge is 0.326 e. The zero-order valence-corrected chi connectivity index (χ0v) is 14.8. The van der Waals surface area contributed by atoms with Crippen molar-refractivity contribution in [3.05, 3.63) is 69.4 Å². The molecule has 2 aromatic rings. The van der Waals surface area contributed by atoms with E-state index in [1.165, 1.54) is 37.7 Å². The smallest absolute Gasteiger partial charge is 0.248 e. The van der Waals surface area contributed by atoms with Crippen LogP contribution in [0.15, 0.2) is 41.2 Å². The van der Waals surface area contributed by atoms with E-state index in [0.29, 0.717) is 6.42 Å². The van der Waals surface area contributed by atoms with Gasteiger partial charge in [-0.15, -0.1) is 0 Å². The molecule has 2 fully saturated rings. The van der Waals surface area contributed by atoms with E-state index in [2.05, 4.69) is 10.3 Å². The molecular formula is C20H26FN3O. The van der Waals surface area contributed by atoms with Gasteiger partial charge < -0.3 is 16.0 Å². The van der Waals surface area contributed by atoms with Crippen molar-refractivity contribution < 1.29 is 4.39 Å². The second kappa shape index (κ2) is 7.10. The van der Waals surface area contributed by atoms with Crippen molar-refractivity contribution in [3.63, 3.8) is 0 Å². The summed E-state index contributed by atoms with van der Waals surface area (Å²) in [4.78, 5) is 14.4. The molecule has 2 atom stereocenters. The summed E-state index contributed by atoms with van der Waals surface area (Å²) in [5.74, 6) is 1.93. The molecule has 1 saturated heterocycles. The first-order chi connectivity index (χ1) is 11.8. The monoisotopic (exact) mass is 343 g/mol. The number of nitrogens with two attached hydrogens (primary N) is 1. The van der Waals surface area contributed by atoms with Gasteiger partial charge in [-0.2, -0.15) is 0 Å². The number of pyridine rings is 1. The van der Waals surface area contributed by atoms with Crippen LogP contribution < -0.4 is 16.6 Å². The van der Waals surface area contributed by atoms with Gasteiger partial charge in [0.15, 0.2) is 0 Å². The average molecular weight is 343 g/mol. The number of nitrogens with one attached hydrogen (secondary N) is 2. The fourth-order valence-corrected chi connectivity index (χ4v) is 3.15. The van der Waals surface area contributed by atoms with Gasteiger partial charge in [-0.25, -0.2) is 4.39 Å². The topological polar surface area (TPSA) is 70.9 Å². The molecule has 2 aliphatic rings. The third-order valence-electron chi connectivity index (χ3n) is 4.83. The van der Waals surface area contributed by atoms with Crippen molar-refractivity contribution >= 4 is 0 Å². The summed E-state index contributed by atoms with van der Waals surface area (Å²) in [6.45, 7) is 6.32. The standard InChI is InChI=1S/C15H17FN2O.C5H9N/c1-15(2,17)11-8-13(18-14(19)9-11)7-10-3-5-12(16)6-4-10;1-4-2-6-3-5(1)4/h3-6,8-9H,7,17H2,1-2H3,(H,18,19);4-6H,1-3H2. The molecule has 0 spiro atoms. The van der Waals surface area contributed by atoms with E-state index in [4.69, 9.17) is 5.73 Å². The zero-order chi connectivity index (χ0) is 18.0. The number of piperidine rings is 1. The first-order valence-corrected chi connectivity index (χ1v) is 8.79. The number of halogens is 1.